The summed E-state index contributed by atoms with van der Waals surface area (Å²) in [6.45, 7) is 2.78. The average Bonchev–Trinajstić information content (AvgIpc) is 3.17. The molecule has 0 bridgehead atoms. The fraction of sp³-hybridized carbons (Fsp3) is 0.667. The van der Waals surface area contributed by atoms with Crippen molar-refractivity contribution in [1.29, 1.82) is 0 Å². The first-order chi connectivity index (χ1) is 15.6. The van der Waals surface area contributed by atoms with Gasteiger partial charge < -0.3 is 15.1 Å². The Balaban J connectivity index is 1.32. The van der Waals surface area contributed by atoms with Gasteiger partial charge in [0.25, 0.3) is 0 Å². The summed E-state index contributed by atoms with van der Waals surface area (Å²) in [5.41, 5.74) is 1.32. The standard InChI is InChI=1S/C27H36N2O3/c30-19-24-25(21-10-8-20(9-11-21)12-15-27(32)13-1-2-14-27)23-18-28(16-3-4-17-29(23)24)26(31)22-6-5-7-22/h8-11,22-25,30,32H,1-7,13-14,16-19H2/t23-,24-,25-/m1/s1. The van der Waals surface area contributed by atoms with Crippen LogP contribution in [0.1, 0.15) is 74.8 Å². The maximum atomic E-state index is 13.0. The van der Waals surface area contributed by atoms with Gasteiger partial charge in [-0.15, -0.1) is 0 Å². The molecule has 2 saturated carbocycles. The lowest BCUT2D eigenvalue weighted by Gasteiger charge is -2.57. The number of hydrogen-bond donors (Lipinski definition) is 2. The van der Waals surface area contributed by atoms with Crippen LogP contribution < -0.4 is 0 Å². The van der Waals surface area contributed by atoms with Crippen molar-refractivity contribution < 1.29 is 15.0 Å². The van der Waals surface area contributed by atoms with Crippen molar-refractivity contribution in [2.75, 3.05) is 26.2 Å². The monoisotopic (exact) mass is 436 g/mol. The molecule has 1 aromatic carbocycles. The zero-order valence-corrected chi connectivity index (χ0v) is 19.0. The fourth-order valence-electron chi connectivity index (χ4n) is 6.12. The van der Waals surface area contributed by atoms with E-state index in [2.05, 4.69) is 33.8 Å². The Hall–Kier alpha value is -1.87. The number of carbonyl (C=O) groups is 1. The Morgan fingerprint density at radius 2 is 1.75 bits per heavy atom. The van der Waals surface area contributed by atoms with Crippen molar-refractivity contribution in [3.8, 4) is 11.8 Å². The van der Waals surface area contributed by atoms with Crippen LogP contribution in [0.2, 0.25) is 0 Å². The van der Waals surface area contributed by atoms with Crippen molar-refractivity contribution >= 4 is 5.91 Å². The summed E-state index contributed by atoms with van der Waals surface area (Å²) >= 11 is 0. The number of aliphatic hydroxyl groups is 2. The topological polar surface area (TPSA) is 64.0 Å². The van der Waals surface area contributed by atoms with E-state index in [1.807, 2.05) is 12.1 Å². The third-order valence-electron chi connectivity index (χ3n) is 8.30. The highest BCUT2D eigenvalue weighted by molar-refractivity contribution is 5.79. The lowest BCUT2D eigenvalue weighted by atomic mass is 9.74. The quantitative estimate of drug-likeness (QED) is 0.716. The lowest BCUT2D eigenvalue weighted by molar-refractivity contribution is -0.143. The molecule has 5 rings (SSSR count). The van der Waals surface area contributed by atoms with Crippen molar-refractivity contribution in [3.63, 3.8) is 0 Å². The second-order valence-electron chi connectivity index (χ2n) is 10.3. The Kier molecular flexibility index (Phi) is 6.29. The minimum absolute atomic E-state index is 0.120. The van der Waals surface area contributed by atoms with Gasteiger partial charge in [-0.25, -0.2) is 0 Å². The summed E-state index contributed by atoms with van der Waals surface area (Å²) < 4.78 is 0. The van der Waals surface area contributed by atoms with Crippen molar-refractivity contribution in [1.82, 2.24) is 9.80 Å². The number of carbonyl (C=O) groups excluding carboxylic acids is 1. The van der Waals surface area contributed by atoms with E-state index >= 15 is 0 Å². The lowest BCUT2D eigenvalue weighted by Crippen LogP contribution is -2.68. The van der Waals surface area contributed by atoms with Crippen LogP contribution in [0.5, 0.6) is 0 Å². The van der Waals surface area contributed by atoms with Crippen LogP contribution in [0.25, 0.3) is 0 Å². The average molecular weight is 437 g/mol. The molecule has 2 heterocycles. The summed E-state index contributed by atoms with van der Waals surface area (Å²) in [6, 6.07) is 8.73. The van der Waals surface area contributed by atoms with Gasteiger partial charge in [-0.05, 0) is 75.6 Å². The smallest absolute Gasteiger partial charge is 0.225 e. The number of aliphatic hydroxyl groups excluding tert-OH is 1. The molecular formula is C27H36N2O3. The van der Waals surface area contributed by atoms with E-state index in [0.29, 0.717) is 5.91 Å². The fourth-order valence-corrected chi connectivity index (χ4v) is 6.12. The van der Waals surface area contributed by atoms with Gasteiger partial charge in [0.1, 0.15) is 5.60 Å². The van der Waals surface area contributed by atoms with Crippen LogP contribution >= 0.6 is 0 Å². The van der Waals surface area contributed by atoms with Crippen LogP contribution in [0, 0.1) is 17.8 Å². The number of fused-ring (bicyclic) bond motifs is 1. The van der Waals surface area contributed by atoms with Crippen molar-refractivity contribution in [3.05, 3.63) is 35.4 Å². The van der Waals surface area contributed by atoms with Gasteiger partial charge in [0.2, 0.25) is 5.91 Å². The minimum atomic E-state index is -0.815. The molecule has 1 aromatic rings. The predicted octanol–water partition coefficient (Wildman–Crippen LogP) is 2.89. The molecule has 5 heteroatoms. The second kappa shape index (κ2) is 9.17. The molecule has 4 aliphatic rings. The molecule has 0 unspecified atom stereocenters. The number of rotatable bonds is 3. The molecule has 2 aliphatic heterocycles. The number of nitrogens with zero attached hydrogens (tertiary/aromatic N) is 2. The molecule has 0 spiro atoms. The highest BCUT2D eigenvalue weighted by Gasteiger charge is 2.49. The van der Waals surface area contributed by atoms with E-state index in [1.54, 1.807) is 0 Å². The predicted molar refractivity (Wildman–Crippen MR) is 124 cm³/mol. The van der Waals surface area contributed by atoms with E-state index in [9.17, 15) is 15.0 Å². The van der Waals surface area contributed by atoms with E-state index < -0.39 is 5.60 Å². The maximum Gasteiger partial charge on any atom is 0.225 e. The van der Waals surface area contributed by atoms with Crippen LogP contribution in [0.15, 0.2) is 24.3 Å². The Morgan fingerprint density at radius 3 is 2.41 bits per heavy atom. The van der Waals surface area contributed by atoms with Gasteiger partial charge in [-0.2, -0.15) is 0 Å². The van der Waals surface area contributed by atoms with Gasteiger partial charge in [0.15, 0.2) is 0 Å². The van der Waals surface area contributed by atoms with Crippen LogP contribution in [0.4, 0.5) is 0 Å². The van der Waals surface area contributed by atoms with Gasteiger partial charge in [-0.1, -0.05) is 30.4 Å². The molecule has 0 aromatic heterocycles. The molecule has 1 amide bonds. The molecule has 2 aliphatic carbocycles. The summed E-state index contributed by atoms with van der Waals surface area (Å²) in [5.74, 6) is 7.07. The molecule has 32 heavy (non-hydrogen) atoms. The van der Waals surface area contributed by atoms with Gasteiger partial charge >= 0.3 is 0 Å². The van der Waals surface area contributed by atoms with E-state index in [0.717, 1.165) is 76.6 Å². The largest absolute Gasteiger partial charge is 0.395 e. The molecule has 3 atom stereocenters. The van der Waals surface area contributed by atoms with Crippen LogP contribution in [-0.2, 0) is 4.79 Å². The first-order valence-electron chi connectivity index (χ1n) is 12.6. The molecule has 5 nitrogen and oxygen atoms in total. The number of benzene rings is 1. The zero-order valence-electron chi connectivity index (χ0n) is 19.0. The van der Waals surface area contributed by atoms with Crippen LogP contribution in [0.3, 0.4) is 0 Å². The minimum Gasteiger partial charge on any atom is -0.395 e. The molecule has 2 saturated heterocycles. The third kappa shape index (κ3) is 4.21. The summed E-state index contributed by atoms with van der Waals surface area (Å²) in [5, 5.41) is 20.6. The van der Waals surface area contributed by atoms with Crippen molar-refractivity contribution in [2.24, 2.45) is 5.92 Å². The van der Waals surface area contributed by atoms with Gasteiger partial charge in [-0.3, -0.25) is 9.69 Å². The number of hydrogen-bond acceptors (Lipinski definition) is 4. The van der Waals surface area contributed by atoms with E-state index in [4.69, 9.17) is 0 Å². The van der Waals surface area contributed by atoms with Gasteiger partial charge in [0, 0.05) is 42.6 Å². The second-order valence-corrected chi connectivity index (χ2v) is 10.3. The Labute approximate surface area is 191 Å². The molecule has 2 N–H and O–H groups in total. The van der Waals surface area contributed by atoms with Gasteiger partial charge in [0.05, 0.1) is 6.61 Å². The summed E-state index contributed by atoms with van der Waals surface area (Å²) in [6.07, 6.45) is 9.03. The Bertz CT molecular complexity index is 876. The summed E-state index contributed by atoms with van der Waals surface area (Å²) in [4.78, 5) is 17.5. The van der Waals surface area contributed by atoms with Crippen LogP contribution in [-0.4, -0.2) is 69.8 Å². The third-order valence-corrected chi connectivity index (χ3v) is 8.30. The highest BCUT2D eigenvalue weighted by Crippen LogP contribution is 2.42. The molecule has 4 fully saturated rings. The summed E-state index contributed by atoms with van der Waals surface area (Å²) in [7, 11) is 0. The zero-order chi connectivity index (χ0) is 22.1. The molecule has 172 valence electrons. The first-order valence-corrected chi connectivity index (χ1v) is 12.6. The van der Waals surface area contributed by atoms with Crippen molar-refractivity contribution in [2.45, 2.75) is 81.4 Å². The number of amides is 1. The van der Waals surface area contributed by atoms with E-state index in [-0.39, 0.29) is 30.5 Å². The normalized spacial score (nSPS) is 30.2. The SMILES string of the molecule is O=C(C1CCC1)N1CCCCN2[C@H](CO)[C@H](c3ccc(C#CC4(O)CCCC4)cc3)[C@H]2C1. The highest BCUT2D eigenvalue weighted by atomic mass is 16.3. The Morgan fingerprint density at radius 1 is 1.03 bits per heavy atom. The first kappa shape index (κ1) is 21.9. The van der Waals surface area contributed by atoms with E-state index in [1.165, 1.54) is 12.0 Å². The maximum absolute atomic E-state index is 13.0. The molecular weight excluding hydrogens is 400 g/mol. The molecule has 0 radical (unpaired) electrons.